The predicted molar refractivity (Wildman–Crippen MR) is 107 cm³/mol. The van der Waals surface area contributed by atoms with Gasteiger partial charge in [0.1, 0.15) is 5.38 Å². The molecule has 0 saturated carbocycles. The quantitative estimate of drug-likeness (QED) is 0.660. The molecular formula is C21H23ClF3N3O2. The molecule has 3 rings (SSSR count). The summed E-state index contributed by atoms with van der Waals surface area (Å²) in [6.45, 7) is 0.730. The average Bonchev–Trinajstić information content (AvgIpc) is 3.28. The van der Waals surface area contributed by atoms with Crippen molar-refractivity contribution < 1.29 is 22.7 Å². The summed E-state index contributed by atoms with van der Waals surface area (Å²) in [5.41, 5.74) is -0.768. The highest BCUT2D eigenvalue weighted by Crippen LogP contribution is 2.45. The molecule has 1 aliphatic rings. The van der Waals surface area contributed by atoms with Crippen molar-refractivity contribution in [3.63, 3.8) is 0 Å². The third kappa shape index (κ3) is 4.54. The van der Waals surface area contributed by atoms with Crippen molar-refractivity contribution >= 4 is 17.5 Å². The molecule has 0 radical (unpaired) electrons. The zero-order valence-corrected chi connectivity index (χ0v) is 17.4. The lowest BCUT2D eigenvalue weighted by Gasteiger charge is -2.25. The second-order valence-corrected chi connectivity index (χ2v) is 7.66. The molecule has 9 heteroatoms. The molecule has 1 fully saturated rings. The molecular weight excluding hydrogens is 419 g/mol. The molecule has 0 bridgehead atoms. The van der Waals surface area contributed by atoms with E-state index >= 15 is 0 Å². The highest BCUT2D eigenvalue weighted by Gasteiger charge is 2.45. The first-order valence-corrected chi connectivity index (χ1v) is 9.98. The molecule has 2 heterocycles. The van der Waals surface area contributed by atoms with Crippen LogP contribution in [0.15, 0.2) is 36.4 Å². The number of hydrogen-bond acceptors (Lipinski definition) is 4. The van der Waals surface area contributed by atoms with Gasteiger partial charge in [-0.2, -0.15) is 8.78 Å². The monoisotopic (exact) mass is 441 g/mol. The SMILES string of the molecule is COc1nc(C(F)(F)C(Cl)c2ccccc2)c(F)cc1CN(C)C(=O)C1CCCN1. The van der Waals surface area contributed by atoms with Crippen LogP contribution in [0, 0.1) is 5.82 Å². The van der Waals surface area contributed by atoms with Crippen molar-refractivity contribution in [3.8, 4) is 5.88 Å². The van der Waals surface area contributed by atoms with Crippen LogP contribution in [0.2, 0.25) is 0 Å². The summed E-state index contributed by atoms with van der Waals surface area (Å²) in [5, 5.41) is 1.28. The Morgan fingerprint density at radius 3 is 2.70 bits per heavy atom. The van der Waals surface area contributed by atoms with Crippen molar-refractivity contribution in [3.05, 3.63) is 59.0 Å². The van der Waals surface area contributed by atoms with E-state index in [-0.39, 0.29) is 35.5 Å². The second-order valence-electron chi connectivity index (χ2n) is 7.23. The summed E-state index contributed by atoms with van der Waals surface area (Å²) >= 11 is 5.98. The zero-order valence-electron chi connectivity index (χ0n) is 16.7. The first kappa shape index (κ1) is 22.4. The van der Waals surface area contributed by atoms with E-state index in [1.807, 2.05) is 0 Å². The van der Waals surface area contributed by atoms with Crippen LogP contribution in [0.4, 0.5) is 13.2 Å². The van der Waals surface area contributed by atoms with Crippen molar-refractivity contribution in [2.75, 3.05) is 20.7 Å². The minimum Gasteiger partial charge on any atom is -0.481 e. The number of carbonyl (C=O) groups is 1. The number of rotatable bonds is 7. The van der Waals surface area contributed by atoms with Gasteiger partial charge in [0.05, 0.1) is 19.7 Å². The largest absolute Gasteiger partial charge is 0.481 e. The zero-order chi connectivity index (χ0) is 21.9. The molecule has 30 heavy (non-hydrogen) atoms. The molecule has 162 valence electrons. The molecule has 2 atom stereocenters. The Kier molecular flexibility index (Phi) is 6.88. The van der Waals surface area contributed by atoms with Gasteiger partial charge >= 0.3 is 5.92 Å². The smallest absolute Gasteiger partial charge is 0.312 e. The lowest BCUT2D eigenvalue weighted by Crippen LogP contribution is -2.41. The third-order valence-corrected chi connectivity index (χ3v) is 5.60. The summed E-state index contributed by atoms with van der Waals surface area (Å²) in [4.78, 5) is 17.6. The fourth-order valence-electron chi connectivity index (χ4n) is 3.48. The summed E-state index contributed by atoms with van der Waals surface area (Å²) in [6, 6.07) is 8.31. The fraction of sp³-hybridized carbons (Fsp3) is 0.429. The van der Waals surface area contributed by atoms with E-state index in [0.717, 1.165) is 19.0 Å². The molecule has 1 aliphatic heterocycles. The molecule has 2 aromatic rings. The van der Waals surface area contributed by atoms with Gasteiger partial charge in [0, 0.05) is 12.6 Å². The Balaban J connectivity index is 1.87. The van der Waals surface area contributed by atoms with Crippen molar-refractivity contribution in [1.82, 2.24) is 15.2 Å². The van der Waals surface area contributed by atoms with Crippen LogP contribution in [0.25, 0.3) is 0 Å². The number of benzene rings is 1. The molecule has 0 aliphatic carbocycles. The summed E-state index contributed by atoms with van der Waals surface area (Å²) in [5.74, 6) is -5.33. The van der Waals surface area contributed by atoms with Crippen molar-refractivity contribution in [2.45, 2.75) is 36.7 Å². The third-order valence-electron chi connectivity index (χ3n) is 5.08. The van der Waals surface area contributed by atoms with Crippen LogP contribution in [0.3, 0.4) is 0 Å². The number of halogens is 4. The number of nitrogens with zero attached hydrogens (tertiary/aromatic N) is 2. The number of carbonyl (C=O) groups excluding carboxylic acids is 1. The Labute approximate surface area is 178 Å². The minimum atomic E-state index is -3.78. The molecule has 1 aromatic heterocycles. The molecule has 5 nitrogen and oxygen atoms in total. The van der Waals surface area contributed by atoms with E-state index in [1.54, 1.807) is 25.2 Å². The van der Waals surface area contributed by atoms with Crippen LogP contribution < -0.4 is 10.1 Å². The maximum absolute atomic E-state index is 15.0. The maximum atomic E-state index is 15.0. The van der Waals surface area contributed by atoms with E-state index < -0.39 is 22.8 Å². The van der Waals surface area contributed by atoms with E-state index in [1.165, 1.54) is 24.1 Å². The molecule has 1 saturated heterocycles. The van der Waals surface area contributed by atoms with Gasteiger partial charge in [-0.15, -0.1) is 11.6 Å². The van der Waals surface area contributed by atoms with E-state index in [4.69, 9.17) is 16.3 Å². The molecule has 1 N–H and O–H groups in total. The van der Waals surface area contributed by atoms with Gasteiger partial charge in [-0.05, 0) is 31.0 Å². The number of methoxy groups -OCH3 is 1. The number of pyridine rings is 1. The first-order valence-electron chi connectivity index (χ1n) is 9.54. The highest BCUT2D eigenvalue weighted by atomic mass is 35.5. The normalized spacial score (nSPS) is 17.6. The Bertz CT molecular complexity index is 893. The van der Waals surface area contributed by atoms with E-state index in [0.29, 0.717) is 6.42 Å². The number of likely N-dealkylation sites (N-methyl/N-ethyl adjacent to an activating group) is 1. The van der Waals surface area contributed by atoms with E-state index in [9.17, 15) is 18.0 Å². The molecule has 0 spiro atoms. The van der Waals surface area contributed by atoms with Gasteiger partial charge in [0.15, 0.2) is 11.5 Å². The number of alkyl halides is 3. The maximum Gasteiger partial charge on any atom is 0.312 e. The lowest BCUT2D eigenvalue weighted by molar-refractivity contribution is -0.132. The minimum absolute atomic E-state index is 0.0288. The second kappa shape index (κ2) is 9.22. The Morgan fingerprint density at radius 1 is 1.40 bits per heavy atom. The van der Waals surface area contributed by atoms with Gasteiger partial charge < -0.3 is 15.0 Å². The summed E-state index contributed by atoms with van der Waals surface area (Å²) < 4.78 is 49.8. The van der Waals surface area contributed by atoms with Crippen molar-refractivity contribution in [1.29, 1.82) is 0 Å². The first-order chi connectivity index (χ1) is 14.3. The van der Waals surface area contributed by atoms with Crippen molar-refractivity contribution in [2.24, 2.45) is 0 Å². The molecule has 1 amide bonds. The van der Waals surface area contributed by atoms with Gasteiger partial charge in [0.25, 0.3) is 0 Å². The van der Waals surface area contributed by atoms with Crippen LogP contribution >= 0.6 is 11.6 Å². The van der Waals surface area contributed by atoms with Crippen LogP contribution in [0.5, 0.6) is 5.88 Å². The summed E-state index contributed by atoms with van der Waals surface area (Å²) in [6.07, 6.45) is 1.61. The van der Waals surface area contributed by atoms with Gasteiger partial charge in [-0.25, -0.2) is 9.37 Å². The van der Waals surface area contributed by atoms with Crippen LogP contribution in [-0.4, -0.2) is 42.5 Å². The standard InChI is InChI=1S/C21H23ClF3N3O2/c1-28(20(29)16-9-6-10-26-16)12-14-11-15(23)18(27-19(14)30-2)21(24,25)17(22)13-7-4-3-5-8-13/h3-5,7-8,11,16-17,26H,6,9-10,12H2,1-2H3. The number of nitrogens with one attached hydrogen (secondary N) is 1. The van der Waals surface area contributed by atoms with Gasteiger partial charge in [-0.1, -0.05) is 30.3 Å². The van der Waals surface area contributed by atoms with Crippen LogP contribution in [-0.2, 0) is 17.3 Å². The topological polar surface area (TPSA) is 54.5 Å². The fourth-order valence-corrected chi connectivity index (χ4v) is 3.73. The number of hydrogen-bond donors (Lipinski definition) is 1. The number of amides is 1. The highest BCUT2D eigenvalue weighted by molar-refractivity contribution is 6.21. The lowest BCUT2D eigenvalue weighted by atomic mass is 10.0. The van der Waals surface area contributed by atoms with Crippen LogP contribution in [0.1, 0.15) is 35.0 Å². The number of aromatic nitrogens is 1. The molecule has 2 unspecified atom stereocenters. The Hall–Kier alpha value is -2.32. The summed E-state index contributed by atoms with van der Waals surface area (Å²) in [7, 11) is 2.81. The van der Waals surface area contributed by atoms with E-state index in [2.05, 4.69) is 10.3 Å². The van der Waals surface area contributed by atoms with Gasteiger partial charge in [0.2, 0.25) is 11.8 Å². The Morgan fingerprint density at radius 2 is 2.10 bits per heavy atom. The average molecular weight is 442 g/mol. The number of ether oxygens (including phenoxy) is 1. The molecule has 1 aromatic carbocycles. The van der Waals surface area contributed by atoms with Gasteiger partial charge in [-0.3, -0.25) is 4.79 Å². The predicted octanol–water partition coefficient (Wildman–Crippen LogP) is 4.01.